The highest BCUT2D eigenvalue weighted by Gasteiger charge is 2.08. The number of aliphatic hydroxyl groups is 1. The molecule has 5 nitrogen and oxygen atoms in total. The number of nitrogens with zero attached hydrogens (tertiary/aromatic N) is 1. The van der Waals surface area contributed by atoms with E-state index in [-0.39, 0.29) is 12.4 Å². The fourth-order valence-electron chi connectivity index (χ4n) is 2.51. The molecule has 0 bridgehead atoms. The summed E-state index contributed by atoms with van der Waals surface area (Å²) in [6.45, 7) is 3.25. The number of hydrogen-bond donors (Lipinski definition) is 3. The first-order valence-corrected chi connectivity index (χ1v) is 8.75. The van der Waals surface area contributed by atoms with Gasteiger partial charge in [-0.05, 0) is 43.4 Å². The van der Waals surface area contributed by atoms with Gasteiger partial charge in [0.1, 0.15) is 5.75 Å². The Labute approximate surface area is 148 Å². The number of halogens is 2. The van der Waals surface area contributed by atoms with Crippen molar-refractivity contribution in [3.05, 3.63) is 29.8 Å². The van der Waals surface area contributed by atoms with Crippen LogP contribution in [0, 0.1) is 5.92 Å². The lowest BCUT2D eigenvalue weighted by Gasteiger charge is -2.18. The molecule has 0 radical (unpaired) electrons. The summed E-state index contributed by atoms with van der Waals surface area (Å²) >= 11 is 0. The average Bonchev–Trinajstić information content (AvgIpc) is 2.57. The molecule has 1 unspecified atom stereocenters. The molecule has 0 aliphatic carbocycles. The lowest BCUT2D eigenvalue weighted by molar-refractivity contribution is -0.0498. The molecule has 0 heterocycles. The van der Waals surface area contributed by atoms with Crippen molar-refractivity contribution in [2.75, 3.05) is 19.7 Å². The van der Waals surface area contributed by atoms with Gasteiger partial charge in [-0.1, -0.05) is 25.5 Å². The maximum atomic E-state index is 12.3. The van der Waals surface area contributed by atoms with Crippen molar-refractivity contribution in [1.82, 2.24) is 10.6 Å². The minimum Gasteiger partial charge on any atom is -0.435 e. The molecule has 0 aromatic heterocycles. The smallest absolute Gasteiger partial charge is 0.387 e. The molecule has 0 saturated carbocycles. The summed E-state index contributed by atoms with van der Waals surface area (Å²) in [5.41, 5.74) is 0.788. The number of ether oxygens (including phenoxy) is 1. The number of aliphatic hydroxyl groups excluding tert-OH is 1. The summed E-state index contributed by atoms with van der Waals surface area (Å²) in [4.78, 5) is 4.49. The van der Waals surface area contributed by atoms with E-state index in [2.05, 4.69) is 27.3 Å². The van der Waals surface area contributed by atoms with Crippen LogP contribution in [0.4, 0.5) is 8.78 Å². The van der Waals surface area contributed by atoms with Crippen LogP contribution in [0.25, 0.3) is 0 Å². The van der Waals surface area contributed by atoms with Gasteiger partial charge in [0, 0.05) is 19.7 Å². The SMILES string of the molecule is CCCC(CCO)CNC(=NCc1cccc(OC(F)F)c1)NCC. The van der Waals surface area contributed by atoms with Gasteiger partial charge in [-0.15, -0.1) is 0 Å². The van der Waals surface area contributed by atoms with Crippen molar-refractivity contribution in [3.8, 4) is 5.75 Å². The third kappa shape index (κ3) is 9.24. The third-order valence-electron chi connectivity index (χ3n) is 3.68. The molecule has 0 amide bonds. The molecule has 3 N–H and O–H groups in total. The first kappa shape index (κ1) is 21.2. The fraction of sp³-hybridized carbons (Fsp3) is 0.611. The van der Waals surface area contributed by atoms with Gasteiger partial charge in [0.25, 0.3) is 0 Å². The van der Waals surface area contributed by atoms with Crippen LogP contribution in [0.5, 0.6) is 5.75 Å². The maximum absolute atomic E-state index is 12.3. The van der Waals surface area contributed by atoms with E-state index in [1.807, 2.05) is 13.0 Å². The van der Waals surface area contributed by atoms with Gasteiger partial charge in [0.15, 0.2) is 5.96 Å². The molecule has 0 aliphatic heterocycles. The molecule has 1 atom stereocenters. The van der Waals surface area contributed by atoms with Crippen LogP contribution in [-0.2, 0) is 6.54 Å². The third-order valence-corrected chi connectivity index (χ3v) is 3.68. The first-order valence-electron chi connectivity index (χ1n) is 8.75. The van der Waals surface area contributed by atoms with E-state index in [1.54, 1.807) is 12.1 Å². The Kier molecular flexibility index (Phi) is 10.6. The summed E-state index contributed by atoms with van der Waals surface area (Å²) in [7, 11) is 0. The molecule has 0 aliphatic rings. The molecular weight excluding hydrogens is 328 g/mol. The molecule has 0 saturated heterocycles. The van der Waals surface area contributed by atoms with Crippen LogP contribution >= 0.6 is 0 Å². The minimum absolute atomic E-state index is 0.131. The molecule has 142 valence electrons. The largest absolute Gasteiger partial charge is 0.435 e. The summed E-state index contributed by atoms with van der Waals surface area (Å²) in [5, 5.41) is 15.6. The normalized spacial score (nSPS) is 13.0. The lowest BCUT2D eigenvalue weighted by Crippen LogP contribution is -2.40. The van der Waals surface area contributed by atoms with Crippen molar-refractivity contribution >= 4 is 5.96 Å². The summed E-state index contributed by atoms with van der Waals surface area (Å²) in [6.07, 6.45) is 2.87. The molecule has 25 heavy (non-hydrogen) atoms. The second-order valence-electron chi connectivity index (χ2n) is 5.77. The van der Waals surface area contributed by atoms with E-state index >= 15 is 0 Å². The summed E-state index contributed by atoms with van der Waals surface area (Å²) in [5.74, 6) is 1.19. The number of nitrogens with one attached hydrogen (secondary N) is 2. The molecule has 1 aromatic rings. The van der Waals surface area contributed by atoms with Gasteiger partial charge in [0.2, 0.25) is 0 Å². The number of hydrogen-bond acceptors (Lipinski definition) is 3. The van der Waals surface area contributed by atoms with Crippen LogP contribution in [-0.4, -0.2) is 37.4 Å². The molecule has 1 rings (SSSR count). The first-order chi connectivity index (χ1) is 12.1. The van der Waals surface area contributed by atoms with Crippen molar-refractivity contribution in [1.29, 1.82) is 0 Å². The highest BCUT2D eigenvalue weighted by atomic mass is 19.3. The van der Waals surface area contributed by atoms with E-state index < -0.39 is 6.61 Å². The maximum Gasteiger partial charge on any atom is 0.387 e. The van der Waals surface area contributed by atoms with Crippen molar-refractivity contribution in [3.63, 3.8) is 0 Å². The monoisotopic (exact) mass is 357 g/mol. The number of guanidine groups is 1. The molecule has 0 spiro atoms. The topological polar surface area (TPSA) is 65.9 Å². The second kappa shape index (κ2) is 12.5. The van der Waals surface area contributed by atoms with Crippen LogP contribution in [0.15, 0.2) is 29.3 Å². The standard InChI is InChI=1S/C18H29F2N3O2/c1-3-6-14(9-10-24)12-22-18(21-4-2)23-13-15-7-5-8-16(11-15)25-17(19)20/h5,7-8,11,14,17,24H,3-4,6,9-10,12-13H2,1-2H3,(H2,21,22,23). The number of benzene rings is 1. The number of rotatable bonds is 11. The Morgan fingerprint density at radius 2 is 2.04 bits per heavy atom. The van der Waals surface area contributed by atoms with E-state index in [0.29, 0.717) is 18.4 Å². The van der Waals surface area contributed by atoms with Crippen LogP contribution in [0.1, 0.15) is 38.7 Å². The van der Waals surface area contributed by atoms with E-state index in [1.165, 1.54) is 6.07 Å². The van der Waals surface area contributed by atoms with E-state index in [4.69, 9.17) is 5.11 Å². The van der Waals surface area contributed by atoms with Crippen molar-refractivity contribution in [2.24, 2.45) is 10.9 Å². The Hall–Kier alpha value is -1.89. The second-order valence-corrected chi connectivity index (χ2v) is 5.77. The predicted octanol–water partition coefficient (Wildman–Crippen LogP) is 3.14. The molecule has 7 heteroatoms. The molecular formula is C18H29F2N3O2. The highest BCUT2D eigenvalue weighted by Crippen LogP contribution is 2.16. The zero-order valence-electron chi connectivity index (χ0n) is 15.0. The fourth-order valence-corrected chi connectivity index (χ4v) is 2.51. The van der Waals surface area contributed by atoms with Gasteiger partial charge in [-0.25, -0.2) is 4.99 Å². The van der Waals surface area contributed by atoms with Crippen LogP contribution in [0.3, 0.4) is 0 Å². The zero-order valence-corrected chi connectivity index (χ0v) is 15.0. The minimum atomic E-state index is -2.83. The molecule has 1 aromatic carbocycles. The van der Waals surface area contributed by atoms with Crippen molar-refractivity contribution < 1.29 is 18.6 Å². The summed E-state index contributed by atoms with van der Waals surface area (Å²) in [6, 6.07) is 6.54. The van der Waals surface area contributed by atoms with Gasteiger partial charge in [0.05, 0.1) is 6.54 Å². The molecule has 0 fully saturated rings. The quantitative estimate of drug-likeness (QED) is 0.420. The van der Waals surface area contributed by atoms with Gasteiger partial charge >= 0.3 is 6.61 Å². The number of alkyl halides is 2. The van der Waals surface area contributed by atoms with Gasteiger partial charge in [-0.2, -0.15) is 8.78 Å². The summed E-state index contributed by atoms with van der Waals surface area (Å²) < 4.78 is 29.0. The highest BCUT2D eigenvalue weighted by molar-refractivity contribution is 5.79. The van der Waals surface area contributed by atoms with E-state index in [9.17, 15) is 8.78 Å². The van der Waals surface area contributed by atoms with Crippen LogP contribution < -0.4 is 15.4 Å². The van der Waals surface area contributed by atoms with E-state index in [0.717, 1.165) is 37.9 Å². The number of aliphatic imine (C=N–C) groups is 1. The lowest BCUT2D eigenvalue weighted by atomic mass is 10.0. The Morgan fingerprint density at radius 1 is 1.24 bits per heavy atom. The van der Waals surface area contributed by atoms with Crippen molar-refractivity contribution in [2.45, 2.75) is 46.3 Å². The Balaban J connectivity index is 2.65. The Bertz CT molecular complexity index is 507. The average molecular weight is 357 g/mol. The zero-order chi connectivity index (χ0) is 18.5. The van der Waals surface area contributed by atoms with Crippen LogP contribution in [0.2, 0.25) is 0 Å². The predicted molar refractivity (Wildman–Crippen MR) is 96.0 cm³/mol. The Morgan fingerprint density at radius 3 is 2.68 bits per heavy atom. The van der Waals surface area contributed by atoms with Gasteiger partial charge in [-0.3, -0.25) is 0 Å². The van der Waals surface area contributed by atoms with Gasteiger partial charge < -0.3 is 20.5 Å².